The van der Waals surface area contributed by atoms with Crippen LogP contribution in [0.1, 0.15) is 36.5 Å². The average molecular weight is 288 g/mol. The molecule has 2 rings (SSSR count). The van der Waals surface area contributed by atoms with Gasteiger partial charge in [0.25, 0.3) is 5.91 Å². The number of anilines is 1. The molecular weight excluding hydrogens is 268 g/mol. The van der Waals surface area contributed by atoms with Gasteiger partial charge in [0.1, 0.15) is 23.6 Å². The minimum absolute atomic E-state index is 0.249. The van der Waals surface area contributed by atoms with Crippen LogP contribution in [-0.2, 0) is 6.54 Å². The van der Waals surface area contributed by atoms with Gasteiger partial charge in [0.2, 0.25) is 0 Å². The van der Waals surface area contributed by atoms with E-state index < -0.39 is 0 Å². The molecule has 1 amide bonds. The molecule has 2 aromatic rings. The van der Waals surface area contributed by atoms with Crippen molar-refractivity contribution in [1.82, 2.24) is 15.3 Å². The molecule has 0 saturated heterocycles. The monoisotopic (exact) mass is 288 g/mol. The smallest absolute Gasteiger partial charge is 0.270 e. The van der Waals surface area contributed by atoms with Crippen LogP contribution in [0, 0.1) is 5.92 Å². The van der Waals surface area contributed by atoms with Gasteiger partial charge in [-0.3, -0.25) is 4.79 Å². The van der Waals surface area contributed by atoms with E-state index in [0.717, 1.165) is 13.0 Å². The Morgan fingerprint density at radius 2 is 2.24 bits per heavy atom. The van der Waals surface area contributed by atoms with Crippen molar-refractivity contribution in [3.8, 4) is 0 Å². The molecule has 0 spiro atoms. The number of nitrogens with zero attached hydrogens (tertiary/aromatic N) is 2. The highest BCUT2D eigenvalue weighted by Crippen LogP contribution is 2.06. The molecule has 0 aliphatic rings. The van der Waals surface area contributed by atoms with Crippen molar-refractivity contribution < 1.29 is 9.21 Å². The maximum absolute atomic E-state index is 12.0. The molecule has 0 aliphatic carbocycles. The summed E-state index contributed by atoms with van der Waals surface area (Å²) in [6.07, 6.45) is 4.01. The van der Waals surface area contributed by atoms with Crippen molar-refractivity contribution in [3.05, 3.63) is 42.2 Å². The topological polar surface area (TPSA) is 80.0 Å². The van der Waals surface area contributed by atoms with Gasteiger partial charge in [0.05, 0.1) is 12.8 Å². The third kappa shape index (κ3) is 4.91. The van der Waals surface area contributed by atoms with Gasteiger partial charge < -0.3 is 15.1 Å². The Kier molecular flexibility index (Phi) is 5.31. The number of hydrogen-bond acceptors (Lipinski definition) is 5. The molecule has 2 aromatic heterocycles. The number of carbonyl (C=O) groups is 1. The van der Waals surface area contributed by atoms with Crippen molar-refractivity contribution in [2.45, 2.75) is 26.8 Å². The molecule has 0 unspecified atom stereocenters. The molecule has 0 atom stereocenters. The molecule has 0 aromatic carbocycles. The summed E-state index contributed by atoms with van der Waals surface area (Å²) in [5.74, 6) is 1.73. The molecule has 0 radical (unpaired) electrons. The summed E-state index contributed by atoms with van der Waals surface area (Å²) in [5, 5.41) is 5.94. The quantitative estimate of drug-likeness (QED) is 0.818. The van der Waals surface area contributed by atoms with Crippen LogP contribution >= 0.6 is 0 Å². The van der Waals surface area contributed by atoms with E-state index in [0.29, 0.717) is 29.7 Å². The second-order valence-corrected chi connectivity index (χ2v) is 5.16. The number of hydrogen-bond donors (Lipinski definition) is 2. The van der Waals surface area contributed by atoms with E-state index in [1.807, 2.05) is 0 Å². The lowest BCUT2D eigenvalue weighted by Gasteiger charge is -2.08. The minimum atomic E-state index is -0.249. The Balaban J connectivity index is 1.88. The Morgan fingerprint density at radius 1 is 1.38 bits per heavy atom. The predicted molar refractivity (Wildman–Crippen MR) is 79.9 cm³/mol. The van der Waals surface area contributed by atoms with Crippen LogP contribution in [0.2, 0.25) is 0 Å². The molecule has 21 heavy (non-hydrogen) atoms. The lowest BCUT2D eigenvalue weighted by atomic mass is 10.1. The molecule has 2 heterocycles. The van der Waals surface area contributed by atoms with Crippen molar-refractivity contribution in [1.29, 1.82) is 0 Å². The summed E-state index contributed by atoms with van der Waals surface area (Å²) in [6.45, 7) is 5.48. The second kappa shape index (κ2) is 7.42. The number of nitrogens with one attached hydrogen (secondary N) is 2. The van der Waals surface area contributed by atoms with Crippen LogP contribution in [0.25, 0.3) is 0 Å². The van der Waals surface area contributed by atoms with Crippen LogP contribution in [0.5, 0.6) is 0 Å². The van der Waals surface area contributed by atoms with Crippen LogP contribution in [0.4, 0.5) is 5.82 Å². The number of amides is 1. The molecule has 0 aliphatic heterocycles. The zero-order chi connectivity index (χ0) is 15.1. The van der Waals surface area contributed by atoms with Crippen molar-refractivity contribution in [2.24, 2.45) is 5.92 Å². The molecule has 6 nitrogen and oxygen atoms in total. The first-order valence-corrected chi connectivity index (χ1v) is 7.01. The molecule has 2 N–H and O–H groups in total. The first-order chi connectivity index (χ1) is 10.1. The van der Waals surface area contributed by atoms with Crippen molar-refractivity contribution in [3.63, 3.8) is 0 Å². The SMILES string of the molecule is CC(C)CCNc1cc(C(=O)NCc2ccco2)ncn1. The molecule has 112 valence electrons. The van der Waals surface area contributed by atoms with Gasteiger partial charge in [-0.1, -0.05) is 13.8 Å². The van der Waals surface area contributed by atoms with E-state index in [4.69, 9.17) is 4.42 Å². The molecular formula is C15H20N4O2. The Labute approximate surface area is 124 Å². The van der Waals surface area contributed by atoms with Crippen molar-refractivity contribution in [2.75, 3.05) is 11.9 Å². The molecule has 6 heteroatoms. The average Bonchev–Trinajstić information content (AvgIpc) is 2.98. The van der Waals surface area contributed by atoms with Crippen molar-refractivity contribution >= 4 is 11.7 Å². The fourth-order valence-corrected chi connectivity index (χ4v) is 1.74. The number of carbonyl (C=O) groups excluding carboxylic acids is 1. The van der Waals surface area contributed by atoms with E-state index >= 15 is 0 Å². The van der Waals surface area contributed by atoms with Gasteiger partial charge in [0.15, 0.2) is 0 Å². The van der Waals surface area contributed by atoms with E-state index in [1.165, 1.54) is 6.33 Å². The lowest BCUT2D eigenvalue weighted by Crippen LogP contribution is -2.24. The minimum Gasteiger partial charge on any atom is -0.467 e. The standard InChI is InChI=1S/C15H20N4O2/c1-11(2)5-6-16-14-8-13(18-10-19-14)15(20)17-9-12-4-3-7-21-12/h3-4,7-8,10-11H,5-6,9H2,1-2H3,(H,17,20)(H,16,18,19). The third-order valence-electron chi connectivity index (χ3n) is 2.93. The number of furan rings is 1. The van der Waals surface area contributed by atoms with Gasteiger partial charge in [-0.15, -0.1) is 0 Å². The highest BCUT2D eigenvalue weighted by atomic mass is 16.3. The first-order valence-electron chi connectivity index (χ1n) is 7.01. The molecule has 0 saturated carbocycles. The third-order valence-corrected chi connectivity index (χ3v) is 2.93. The summed E-state index contributed by atoms with van der Waals surface area (Å²) >= 11 is 0. The fraction of sp³-hybridized carbons (Fsp3) is 0.400. The van der Waals surface area contributed by atoms with Crippen LogP contribution in [0.15, 0.2) is 35.2 Å². The summed E-state index contributed by atoms with van der Waals surface area (Å²) in [4.78, 5) is 20.1. The van der Waals surface area contributed by atoms with Crippen LogP contribution in [-0.4, -0.2) is 22.4 Å². The summed E-state index contributed by atoms with van der Waals surface area (Å²) < 4.78 is 5.16. The van der Waals surface area contributed by atoms with E-state index in [-0.39, 0.29) is 5.91 Å². The number of rotatable bonds is 7. The van der Waals surface area contributed by atoms with E-state index in [9.17, 15) is 4.79 Å². The van der Waals surface area contributed by atoms with E-state index in [2.05, 4.69) is 34.4 Å². The molecule has 0 fully saturated rings. The second-order valence-electron chi connectivity index (χ2n) is 5.16. The Morgan fingerprint density at radius 3 is 2.95 bits per heavy atom. The fourth-order valence-electron chi connectivity index (χ4n) is 1.74. The summed E-state index contributed by atoms with van der Waals surface area (Å²) in [6, 6.07) is 5.24. The highest BCUT2D eigenvalue weighted by molar-refractivity contribution is 5.92. The summed E-state index contributed by atoms with van der Waals surface area (Å²) in [7, 11) is 0. The van der Waals surface area contributed by atoms with E-state index in [1.54, 1.807) is 24.5 Å². The van der Waals surface area contributed by atoms with Gasteiger partial charge in [-0.2, -0.15) is 0 Å². The zero-order valence-corrected chi connectivity index (χ0v) is 12.3. The van der Waals surface area contributed by atoms with Gasteiger partial charge >= 0.3 is 0 Å². The largest absolute Gasteiger partial charge is 0.467 e. The maximum Gasteiger partial charge on any atom is 0.270 e. The first kappa shape index (κ1) is 15.0. The van der Waals surface area contributed by atoms with Gasteiger partial charge in [-0.05, 0) is 24.5 Å². The number of aromatic nitrogens is 2. The van der Waals surface area contributed by atoms with Crippen LogP contribution in [0.3, 0.4) is 0 Å². The zero-order valence-electron chi connectivity index (χ0n) is 12.3. The normalized spacial score (nSPS) is 10.6. The lowest BCUT2D eigenvalue weighted by molar-refractivity contribution is 0.0943. The molecule has 0 bridgehead atoms. The van der Waals surface area contributed by atoms with Crippen LogP contribution < -0.4 is 10.6 Å². The van der Waals surface area contributed by atoms with Gasteiger partial charge in [0, 0.05) is 12.6 Å². The Hall–Kier alpha value is -2.37. The highest BCUT2D eigenvalue weighted by Gasteiger charge is 2.09. The summed E-state index contributed by atoms with van der Waals surface area (Å²) in [5.41, 5.74) is 0.337. The Bertz CT molecular complexity index is 567. The predicted octanol–water partition coefficient (Wildman–Crippen LogP) is 2.46. The van der Waals surface area contributed by atoms with Gasteiger partial charge in [-0.25, -0.2) is 9.97 Å². The maximum atomic E-state index is 12.0.